The molecule has 27 heavy (non-hydrogen) atoms. The van der Waals surface area contributed by atoms with E-state index in [4.69, 9.17) is 5.73 Å². The Morgan fingerprint density at radius 1 is 0.889 bits per heavy atom. The molecule has 0 fully saturated rings. The topological polar surface area (TPSA) is 46.3 Å². The summed E-state index contributed by atoms with van der Waals surface area (Å²) in [6.45, 7) is 0.512. The van der Waals surface area contributed by atoms with Gasteiger partial charge in [0.25, 0.3) is 0 Å². The van der Waals surface area contributed by atoms with E-state index in [0.717, 1.165) is 35.2 Å². The number of carbonyl (C=O) groups excluding carboxylic acids is 1. The van der Waals surface area contributed by atoms with Crippen LogP contribution in [-0.4, -0.2) is 13.0 Å². The zero-order chi connectivity index (χ0) is 19.1. The van der Waals surface area contributed by atoms with E-state index >= 15 is 0 Å². The van der Waals surface area contributed by atoms with Crippen LogP contribution in [0.15, 0.2) is 78.9 Å². The summed E-state index contributed by atoms with van der Waals surface area (Å²) < 4.78 is 0. The smallest absolute Gasteiger partial charge is 0.226 e. The largest absolute Gasteiger partial charge is 0.326 e. The summed E-state index contributed by atoms with van der Waals surface area (Å²) in [6, 6.07) is 26.5. The molecule has 3 aromatic rings. The van der Waals surface area contributed by atoms with Crippen LogP contribution in [0.3, 0.4) is 0 Å². The van der Waals surface area contributed by atoms with E-state index in [0.29, 0.717) is 13.0 Å². The minimum absolute atomic E-state index is 0.140. The summed E-state index contributed by atoms with van der Waals surface area (Å²) in [7, 11) is 1.84. The summed E-state index contributed by atoms with van der Waals surface area (Å²) in [4.78, 5) is 14.2. The highest BCUT2D eigenvalue weighted by Gasteiger charge is 2.11. The lowest BCUT2D eigenvalue weighted by atomic mass is 9.99. The van der Waals surface area contributed by atoms with Gasteiger partial charge in [0.05, 0.1) is 0 Å². The quantitative estimate of drug-likeness (QED) is 0.659. The Bertz CT molecular complexity index is 872. The van der Waals surface area contributed by atoms with E-state index < -0.39 is 0 Å². The van der Waals surface area contributed by atoms with Gasteiger partial charge in [-0.2, -0.15) is 0 Å². The van der Waals surface area contributed by atoms with Crippen LogP contribution in [0.4, 0.5) is 5.69 Å². The zero-order valence-corrected chi connectivity index (χ0v) is 15.8. The molecule has 0 aromatic heterocycles. The lowest BCUT2D eigenvalue weighted by Crippen LogP contribution is -2.25. The van der Waals surface area contributed by atoms with Crippen LogP contribution in [0, 0.1) is 0 Å². The first kappa shape index (κ1) is 18.9. The van der Waals surface area contributed by atoms with Gasteiger partial charge in [0, 0.05) is 25.7 Å². The van der Waals surface area contributed by atoms with Crippen LogP contribution in [0.1, 0.15) is 24.0 Å². The van der Waals surface area contributed by atoms with Crippen molar-refractivity contribution in [3.63, 3.8) is 0 Å². The summed E-state index contributed by atoms with van der Waals surface area (Å²) >= 11 is 0. The number of hydrogen-bond donors (Lipinski definition) is 1. The minimum atomic E-state index is 0.140. The van der Waals surface area contributed by atoms with Gasteiger partial charge in [0.2, 0.25) is 5.91 Å². The van der Waals surface area contributed by atoms with Crippen LogP contribution in [0.2, 0.25) is 0 Å². The lowest BCUT2D eigenvalue weighted by molar-refractivity contribution is -0.118. The molecule has 0 radical (unpaired) electrons. The third-order valence-electron chi connectivity index (χ3n) is 4.88. The Hall–Kier alpha value is -2.91. The summed E-state index contributed by atoms with van der Waals surface area (Å²) in [5.41, 5.74) is 11.4. The third-order valence-corrected chi connectivity index (χ3v) is 4.88. The van der Waals surface area contributed by atoms with Crippen LogP contribution < -0.4 is 10.6 Å². The standard InChI is InChI=1S/C24H26N2O/c1-26(24(27)13-7-10-19-8-3-2-4-9-19)22-16-14-20(15-17-22)23-12-6-5-11-21(23)18-25/h2-6,8-9,11-12,14-17H,7,10,13,18,25H2,1H3. The molecule has 0 saturated carbocycles. The highest BCUT2D eigenvalue weighted by atomic mass is 16.2. The molecule has 0 aliphatic heterocycles. The van der Waals surface area contributed by atoms with E-state index in [9.17, 15) is 4.79 Å². The summed E-state index contributed by atoms with van der Waals surface area (Å²) in [5.74, 6) is 0.140. The van der Waals surface area contributed by atoms with Crippen molar-refractivity contribution in [1.29, 1.82) is 0 Å². The Kier molecular flexibility index (Phi) is 6.39. The molecular formula is C24H26N2O. The molecule has 0 aliphatic carbocycles. The van der Waals surface area contributed by atoms with Crippen molar-refractivity contribution in [3.8, 4) is 11.1 Å². The monoisotopic (exact) mass is 358 g/mol. The van der Waals surface area contributed by atoms with E-state index in [-0.39, 0.29) is 5.91 Å². The second-order valence-electron chi connectivity index (χ2n) is 6.70. The van der Waals surface area contributed by atoms with Crippen LogP contribution in [0.5, 0.6) is 0 Å². The average molecular weight is 358 g/mol. The van der Waals surface area contributed by atoms with Gasteiger partial charge in [-0.05, 0) is 47.2 Å². The second kappa shape index (κ2) is 9.15. The fourth-order valence-electron chi connectivity index (χ4n) is 3.24. The van der Waals surface area contributed by atoms with Crippen molar-refractivity contribution in [1.82, 2.24) is 0 Å². The lowest BCUT2D eigenvalue weighted by Gasteiger charge is -2.18. The maximum absolute atomic E-state index is 12.5. The summed E-state index contributed by atoms with van der Waals surface area (Å²) in [6.07, 6.45) is 2.33. The van der Waals surface area contributed by atoms with E-state index in [1.54, 1.807) is 4.90 Å². The van der Waals surface area contributed by atoms with Gasteiger partial charge in [-0.15, -0.1) is 0 Å². The number of nitrogens with zero attached hydrogens (tertiary/aromatic N) is 1. The van der Waals surface area contributed by atoms with Crippen LogP contribution in [0.25, 0.3) is 11.1 Å². The van der Waals surface area contributed by atoms with Gasteiger partial charge < -0.3 is 10.6 Å². The van der Waals surface area contributed by atoms with Gasteiger partial charge in [0.1, 0.15) is 0 Å². The number of nitrogens with two attached hydrogens (primary N) is 1. The Morgan fingerprint density at radius 3 is 2.26 bits per heavy atom. The average Bonchev–Trinajstić information content (AvgIpc) is 2.74. The molecular weight excluding hydrogens is 332 g/mol. The van der Waals surface area contributed by atoms with Crippen molar-refractivity contribution in [3.05, 3.63) is 90.0 Å². The van der Waals surface area contributed by atoms with Gasteiger partial charge >= 0.3 is 0 Å². The fraction of sp³-hybridized carbons (Fsp3) is 0.208. The molecule has 0 unspecified atom stereocenters. The predicted octanol–water partition coefficient (Wildman–Crippen LogP) is 4.80. The van der Waals surface area contributed by atoms with Crippen molar-refractivity contribution in [2.75, 3.05) is 11.9 Å². The number of anilines is 1. The maximum atomic E-state index is 12.5. The number of amides is 1. The molecule has 3 rings (SSSR count). The normalized spacial score (nSPS) is 10.6. The number of aryl methyl sites for hydroxylation is 1. The number of hydrogen-bond acceptors (Lipinski definition) is 2. The van der Waals surface area contributed by atoms with Crippen LogP contribution in [-0.2, 0) is 17.8 Å². The highest BCUT2D eigenvalue weighted by molar-refractivity contribution is 5.93. The Labute approximate surface area is 161 Å². The minimum Gasteiger partial charge on any atom is -0.326 e. The molecule has 3 nitrogen and oxygen atoms in total. The second-order valence-corrected chi connectivity index (χ2v) is 6.70. The first-order chi connectivity index (χ1) is 13.2. The van der Waals surface area contributed by atoms with Gasteiger partial charge in [0.15, 0.2) is 0 Å². The van der Waals surface area contributed by atoms with E-state index in [1.165, 1.54) is 5.56 Å². The van der Waals surface area contributed by atoms with Crippen LogP contribution >= 0.6 is 0 Å². The molecule has 138 valence electrons. The molecule has 3 heteroatoms. The number of rotatable bonds is 7. The Balaban J connectivity index is 1.61. The first-order valence-electron chi connectivity index (χ1n) is 9.38. The molecule has 2 N–H and O–H groups in total. The molecule has 0 spiro atoms. The molecule has 0 aliphatic rings. The summed E-state index contributed by atoms with van der Waals surface area (Å²) in [5, 5.41) is 0. The SMILES string of the molecule is CN(C(=O)CCCc1ccccc1)c1ccc(-c2ccccc2CN)cc1. The zero-order valence-electron chi connectivity index (χ0n) is 15.8. The molecule has 0 bridgehead atoms. The van der Waals surface area contributed by atoms with Crippen molar-refractivity contribution in [2.24, 2.45) is 5.73 Å². The van der Waals surface area contributed by atoms with Gasteiger partial charge in [-0.3, -0.25) is 4.79 Å². The van der Waals surface area contributed by atoms with Gasteiger partial charge in [-0.1, -0.05) is 66.7 Å². The van der Waals surface area contributed by atoms with Gasteiger partial charge in [-0.25, -0.2) is 0 Å². The third kappa shape index (κ3) is 4.83. The van der Waals surface area contributed by atoms with Crippen molar-refractivity contribution < 1.29 is 4.79 Å². The van der Waals surface area contributed by atoms with Crippen molar-refractivity contribution in [2.45, 2.75) is 25.8 Å². The predicted molar refractivity (Wildman–Crippen MR) is 113 cm³/mol. The molecule has 0 atom stereocenters. The molecule has 0 saturated heterocycles. The number of carbonyl (C=O) groups is 1. The molecule has 3 aromatic carbocycles. The van der Waals surface area contributed by atoms with Crippen molar-refractivity contribution >= 4 is 11.6 Å². The Morgan fingerprint density at radius 2 is 1.56 bits per heavy atom. The molecule has 1 amide bonds. The fourth-order valence-corrected chi connectivity index (χ4v) is 3.24. The number of benzene rings is 3. The maximum Gasteiger partial charge on any atom is 0.226 e. The highest BCUT2D eigenvalue weighted by Crippen LogP contribution is 2.26. The first-order valence-corrected chi connectivity index (χ1v) is 9.38. The molecule has 0 heterocycles. The van der Waals surface area contributed by atoms with E-state index in [1.807, 2.05) is 55.6 Å². The van der Waals surface area contributed by atoms with E-state index in [2.05, 4.69) is 30.3 Å².